The fourth-order valence-electron chi connectivity index (χ4n) is 0. The van der Waals surface area contributed by atoms with E-state index in [9.17, 15) is 0 Å². The Labute approximate surface area is 98.7 Å². The van der Waals surface area contributed by atoms with E-state index in [1.54, 1.807) is 0 Å². The van der Waals surface area contributed by atoms with E-state index in [1.165, 1.54) is 14.2 Å². The Balaban J connectivity index is -0.000000107. The number of rotatable bonds is 0. The van der Waals surface area contributed by atoms with Crippen molar-refractivity contribution in [1.29, 1.82) is 0 Å². The van der Waals surface area contributed by atoms with Crippen LogP contribution in [-0.4, -0.2) is 23.0 Å². The first-order chi connectivity index (χ1) is 4.54. The minimum absolute atomic E-state index is 0. The van der Waals surface area contributed by atoms with Gasteiger partial charge in [-0.2, -0.15) is 0 Å². The quantitative estimate of drug-likeness (QED) is 0.367. The molecule has 0 bridgehead atoms. The Morgan fingerprint density at radius 1 is 1.00 bits per heavy atom. The van der Waals surface area contributed by atoms with Crippen molar-refractivity contribution < 1.29 is 26.5 Å². The fraction of sp³-hybridized carbons (Fsp3) is 0.500. The van der Waals surface area contributed by atoms with Gasteiger partial charge in [0.1, 0.15) is 0 Å². The van der Waals surface area contributed by atoms with E-state index in [0.717, 1.165) is 0 Å². The molecule has 11 heavy (non-hydrogen) atoms. The molecule has 0 rings (SSSR count). The van der Waals surface area contributed by atoms with Gasteiger partial charge in [0.15, 0.2) is 0 Å². The molecule has 0 aromatic heterocycles. The van der Waals surface area contributed by atoms with Gasteiger partial charge in [0.05, 0.1) is 14.2 Å². The molecule has 2 nitrogen and oxygen atoms in total. The summed E-state index contributed by atoms with van der Waals surface area (Å²) in [5, 5.41) is 0. The first kappa shape index (κ1) is 17.7. The van der Waals surface area contributed by atoms with E-state index in [1.807, 2.05) is 0 Å². The van der Waals surface area contributed by atoms with E-state index in [-0.39, 0.29) is 25.8 Å². The standard InChI is InChI=1S/2C2H4OS2.Fe/c2*1-3-2(4)5;/h2*1H3,(H,4,5);/q;;+2/p-2. The zero-order valence-corrected chi connectivity index (χ0v) is 10.2. The van der Waals surface area contributed by atoms with Gasteiger partial charge < -0.3 is 59.2 Å². The number of hydrogen-bond donors (Lipinski definition) is 0. The predicted molar refractivity (Wildman–Crippen MR) is 53.9 cm³/mol. The van der Waals surface area contributed by atoms with Crippen LogP contribution in [0.25, 0.3) is 0 Å². The van der Waals surface area contributed by atoms with Gasteiger partial charge >= 0.3 is 17.1 Å². The fourth-order valence-corrected chi connectivity index (χ4v) is 0. The van der Waals surface area contributed by atoms with Crippen LogP contribution >= 0.6 is 24.4 Å². The average Bonchev–Trinajstić information content (AvgIpc) is 1.89. The maximum Gasteiger partial charge on any atom is 2.00 e. The topological polar surface area (TPSA) is 18.5 Å². The molecular weight excluding hydrogens is 264 g/mol. The molecule has 0 unspecified atom stereocenters. The number of hydrogen-bond acceptors (Lipinski definition) is 6. The second kappa shape index (κ2) is 13.3. The Kier molecular flexibility index (Phi) is 21.5. The van der Waals surface area contributed by atoms with Crippen molar-refractivity contribution >= 4 is 58.5 Å². The third-order valence-electron chi connectivity index (χ3n) is 0.333. The van der Waals surface area contributed by atoms with Crippen molar-refractivity contribution in [2.45, 2.75) is 0 Å². The van der Waals surface area contributed by atoms with Gasteiger partial charge in [-0.05, 0) is 0 Å². The normalized spacial score (nSPS) is 6.00. The second-order valence-electron chi connectivity index (χ2n) is 0.908. The molecule has 0 aliphatic rings. The molecule has 0 spiro atoms. The van der Waals surface area contributed by atoms with Crippen LogP contribution in [0.1, 0.15) is 0 Å². The number of ether oxygens (including phenoxy) is 2. The zero-order chi connectivity index (χ0) is 8.57. The number of methoxy groups -OCH3 is 2. The predicted octanol–water partition coefficient (Wildman–Crippen LogP) is 0.927. The maximum absolute atomic E-state index is 4.30. The summed E-state index contributed by atoms with van der Waals surface area (Å²) in [4.78, 5) is 0. The van der Waals surface area contributed by atoms with Crippen molar-refractivity contribution in [1.82, 2.24) is 0 Å². The third kappa shape index (κ3) is 36.5. The Bertz CT molecular complexity index is 105. The molecule has 0 N–H and O–H groups in total. The molecule has 0 saturated carbocycles. The van der Waals surface area contributed by atoms with Crippen LogP contribution in [0.5, 0.6) is 0 Å². The molecule has 0 aromatic rings. The van der Waals surface area contributed by atoms with Gasteiger partial charge in [0.25, 0.3) is 0 Å². The van der Waals surface area contributed by atoms with Gasteiger partial charge in [-0.25, -0.2) is 0 Å². The monoisotopic (exact) mass is 270 g/mol. The largest absolute Gasteiger partial charge is 2.00 e. The van der Waals surface area contributed by atoms with Gasteiger partial charge in [-0.1, -0.05) is 0 Å². The Morgan fingerprint density at radius 2 is 1.09 bits per heavy atom. The zero-order valence-electron chi connectivity index (χ0n) is 5.80. The first-order valence-corrected chi connectivity index (χ1v) is 3.67. The minimum Gasteiger partial charge on any atom is -0.517 e. The molecule has 0 atom stereocenters. The van der Waals surface area contributed by atoms with E-state index in [0.29, 0.717) is 0 Å². The minimum atomic E-state index is 0. The summed E-state index contributed by atoms with van der Waals surface area (Å²) in [5.74, 6) is 0. The van der Waals surface area contributed by atoms with E-state index < -0.39 is 0 Å². The molecule has 0 aliphatic carbocycles. The molecule has 66 valence electrons. The van der Waals surface area contributed by atoms with Gasteiger partial charge in [0, 0.05) is 8.77 Å². The summed E-state index contributed by atoms with van der Waals surface area (Å²) in [6.45, 7) is 0. The van der Waals surface area contributed by atoms with Crippen LogP contribution in [0.15, 0.2) is 0 Å². The van der Waals surface area contributed by atoms with Crippen LogP contribution in [0, 0.1) is 0 Å². The maximum atomic E-state index is 4.30. The van der Waals surface area contributed by atoms with E-state index >= 15 is 0 Å². The van der Waals surface area contributed by atoms with Crippen molar-refractivity contribution in [2.24, 2.45) is 0 Å². The van der Waals surface area contributed by atoms with Gasteiger partial charge in [0.2, 0.25) is 0 Å². The molecular formula is C4H6FeO2S4. The first-order valence-electron chi connectivity index (χ1n) is 2.04. The smallest absolute Gasteiger partial charge is 0.517 e. The summed E-state index contributed by atoms with van der Waals surface area (Å²) in [7, 11) is 2.91. The molecule has 0 radical (unpaired) electrons. The van der Waals surface area contributed by atoms with E-state index in [2.05, 4.69) is 59.2 Å². The summed E-state index contributed by atoms with van der Waals surface area (Å²) in [5.41, 5.74) is 0. The molecule has 0 fully saturated rings. The SMILES string of the molecule is COC(=S)[S-].COC(=S)[S-].[Fe+2]. The van der Waals surface area contributed by atoms with Crippen molar-refractivity contribution in [3.63, 3.8) is 0 Å². The summed E-state index contributed by atoms with van der Waals surface area (Å²) in [6.07, 6.45) is 0. The number of thiocarbonyl (C=S) groups is 2. The van der Waals surface area contributed by atoms with Gasteiger partial charge in [-0.3, -0.25) is 0 Å². The second-order valence-corrected chi connectivity index (χ2v) is 2.91. The Hall–Kier alpha value is 0.739. The summed E-state index contributed by atoms with van der Waals surface area (Å²) < 4.78 is 8.94. The van der Waals surface area contributed by atoms with Crippen molar-refractivity contribution in [3.8, 4) is 0 Å². The van der Waals surface area contributed by atoms with Crippen LogP contribution in [0.4, 0.5) is 0 Å². The molecule has 0 aromatic carbocycles. The summed E-state index contributed by atoms with van der Waals surface area (Å²) in [6, 6.07) is 0. The molecule has 0 saturated heterocycles. The molecule has 0 heterocycles. The average molecular weight is 270 g/mol. The molecule has 0 amide bonds. The Morgan fingerprint density at radius 3 is 1.09 bits per heavy atom. The third-order valence-corrected chi connectivity index (χ3v) is 1.00. The van der Waals surface area contributed by atoms with Crippen LogP contribution in [0.2, 0.25) is 0 Å². The van der Waals surface area contributed by atoms with Crippen LogP contribution in [-0.2, 0) is 51.8 Å². The molecule has 7 heteroatoms. The molecule has 0 aliphatic heterocycles. The van der Waals surface area contributed by atoms with Gasteiger partial charge in [-0.15, -0.1) is 0 Å². The van der Waals surface area contributed by atoms with Crippen LogP contribution in [0.3, 0.4) is 0 Å². The van der Waals surface area contributed by atoms with Crippen molar-refractivity contribution in [3.05, 3.63) is 0 Å². The van der Waals surface area contributed by atoms with Crippen molar-refractivity contribution in [2.75, 3.05) is 14.2 Å². The summed E-state index contributed by atoms with van der Waals surface area (Å²) >= 11 is 17.2. The van der Waals surface area contributed by atoms with E-state index in [4.69, 9.17) is 0 Å². The van der Waals surface area contributed by atoms with Crippen LogP contribution < -0.4 is 0 Å².